The summed E-state index contributed by atoms with van der Waals surface area (Å²) in [7, 11) is 1.80. The van der Waals surface area contributed by atoms with E-state index in [4.69, 9.17) is 0 Å². The standard InChI is InChI=1S/C17H33N7/c1-13(2)23(14(3)4)11-7-9-19-17(18-5)20-12-16-22-21-15-8-6-10-24(15)16/h13-14H,6-12H2,1-5H3,(H2,18,19,20). The molecule has 1 aliphatic rings. The molecule has 2 heterocycles. The van der Waals surface area contributed by atoms with Gasteiger partial charge in [-0.3, -0.25) is 9.89 Å². The second-order valence-corrected chi connectivity index (χ2v) is 6.92. The van der Waals surface area contributed by atoms with E-state index in [1.807, 2.05) is 0 Å². The van der Waals surface area contributed by atoms with Crippen LogP contribution in [0.5, 0.6) is 0 Å². The predicted octanol–water partition coefficient (Wildman–Crippen LogP) is 1.40. The first-order chi connectivity index (χ1) is 11.5. The summed E-state index contributed by atoms with van der Waals surface area (Å²) in [4.78, 5) is 6.80. The maximum atomic E-state index is 4.29. The van der Waals surface area contributed by atoms with Crippen LogP contribution < -0.4 is 10.6 Å². The lowest BCUT2D eigenvalue weighted by atomic mass is 10.2. The molecule has 7 heteroatoms. The zero-order valence-electron chi connectivity index (χ0n) is 15.8. The molecular weight excluding hydrogens is 302 g/mol. The maximum Gasteiger partial charge on any atom is 0.191 e. The van der Waals surface area contributed by atoms with Crippen LogP contribution in [0.4, 0.5) is 0 Å². The molecule has 0 aliphatic carbocycles. The van der Waals surface area contributed by atoms with Crippen molar-refractivity contribution < 1.29 is 0 Å². The molecule has 136 valence electrons. The van der Waals surface area contributed by atoms with Crippen molar-refractivity contribution >= 4 is 5.96 Å². The Morgan fingerprint density at radius 3 is 2.62 bits per heavy atom. The first kappa shape index (κ1) is 18.7. The van der Waals surface area contributed by atoms with Crippen LogP contribution in [0.2, 0.25) is 0 Å². The Kier molecular flexibility index (Phi) is 7.02. The number of rotatable bonds is 8. The van der Waals surface area contributed by atoms with Gasteiger partial charge in [-0.25, -0.2) is 0 Å². The molecule has 7 nitrogen and oxygen atoms in total. The number of aromatic nitrogens is 3. The minimum Gasteiger partial charge on any atom is -0.356 e. The van der Waals surface area contributed by atoms with E-state index in [0.29, 0.717) is 18.6 Å². The fourth-order valence-electron chi connectivity index (χ4n) is 3.31. The smallest absolute Gasteiger partial charge is 0.191 e. The number of hydrogen-bond donors (Lipinski definition) is 2. The Balaban J connectivity index is 1.71. The first-order valence-corrected chi connectivity index (χ1v) is 9.14. The normalized spacial score (nSPS) is 14.8. The third-order valence-corrected chi connectivity index (χ3v) is 4.54. The van der Waals surface area contributed by atoms with Gasteiger partial charge in [-0.15, -0.1) is 10.2 Å². The largest absolute Gasteiger partial charge is 0.356 e. The van der Waals surface area contributed by atoms with Crippen LogP contribution in [0.3, 0.4) is 0 Å². The predicted molar refractivity (Wildman–Crippen MR) is 98.1 cm³/mol. The van der Waals surface area contributed by atoms with Crippen LogP contribution in [0.1, 0.15) is 52.2 Å². The van der Waals surface area contributed by atoms with Crippen molar-refractivity contribution in [3.8, 4) is 0 Å². The van der Waals surface area contributed by atoms with Gasteiger partial charge < -0.3 is 15.2 Å². The van der Waals surface area contributed by atoms with Crippen molar-refractivity contribution in [3.05, 3.63) is 11.6 Å². The van der Waals surface area contributed by atoms with E-state index >= 15 is 0 Å². The Labute approximate surface area is 145 Å². The molecule has 1 aromatic heterocycles. The highest BCUT2D eigenvalue weighted by molar-refractivity contribution is 5.79. The van der Waals surface area contributed by atoms with E-state index in [-0.39, 0.29) is 0 Å². The zero-order chi connectivity index (χ0) is 17.5. The highest BCUT2D eigenvalue weighted by Gasteiger charge is 2.17. The SMILES string of the molecule is CN=C(NCCCN(C(C)C)C(C)C)NCc1nnc2n1CCC2. The molecule has 0 atom stereocenters. The highest BCUT2D eigenvalue weighted by Crippen LogP contribution is 2.13. The van der Waals surface area contributed by atoms with Crippen LogP contribution in [-0.2, 0) is 19.5 Å². The number of aryl methyl sites for hydroxylation is 1. The molecular formula is C17H33N7. The van der Waals surface area contributed by atoms with Crippen LogP contribution in [0.15, 0.2) is 4.99 Å². The molecule has 0 saturated carbocycles. The second kappa shape index (κ2) is 9.01. The van der Waals surface area contributed by atoms with Crippen LogP contribution in [0.25, 0.3) is 0 Å². The van der Waals surface area contributed by atoms with Crippen LogP contribution >= 0.6 is 0 Å². The van der Waals surface area contributed by atoms with Gasteiger partial charge in [0.25, 0.3) is 0 Å². The third-order valence-electron chi connectivity index (χ3n) is 4.54. The lowest BCUT2D eigenvalue weighted by molar-refractivity contribution is 0.173. The first-order valence-electron chi connectivity index (χ1n) is 9.14. The summed E-state index contributed by atoms with van der Waals surface area (Å²) in [6.45, 7) is 12.7. The summed E-state index contributed by atoms with van der Waals surface area (Å²) in [5.74, 6) is 2.93. The van der Waals surface area contributed by atoms with Crippen LogP contribution in [-0.4, -0.2) is 57.8 Å². The molecule has 24 heavy (non-hydrogen) atoms. The van der Waals surface area contributed by atoms with Crippen molar-refractivity contribution in [2.75, 3.05) is 20.1 Å². The Bertz CT molecular complexity index is 525. The van der Waals surface area contributed by atoms with Gasteiger partial charge in [-0.1, -0.05) is 0 Å². The van der Waals surface area contributed by atoms with E-state index in [0.717, 1.165) is 50.1 Å². The third kappa shape index (κ3) is 4.93. The molecule has 0 aromatic carbocycles. The van der Waals surface area contributed by atoms with Crippen molar-refractivity contribution in [3.63, 3.8) is 0 Å². The molecule has 0 bridgehead atoms. The maximum absolute atomic E-state index is 4.29. The molecule has 0 fully saturated rings. The quantitative estimate of drug-likeness (QED) is 0.427. The van der Waals surface area contributed by atoms with E-state index in [1.54, 1.807) is 7.05 Å². The number of nitrogens with one attached hydrogen (secondary N) is 2. The fraction of sp³-hybridized carbons (Fsp3) is 0.824. The van der Waals surface area contributed by atoms with Crippen LogP contribution in [0, 0.1) is 0 Å². The lowest BCUT2D eigenvalue weighted by Gasteiger charge is -2.30. The molecule has 1 aromatic rings. The van der Waals surface area contributed by atoms with Gasteiger partial charge in [-0.05, 0) is 40.5 Å². The van der Waals surface area contributed by atoms with Gasteiger partial charge in [0.05, 0.1) is 6.54 Å². The summed E-state index contributed by atoms with van der Waals surface area (Å²) in [6.07, 6.45) is 3.31. The summed E-state index contributed by atoms with van der Waals surface area (Å²) in [5.41, 5.74) is 0. The summed E-state index contributed by atoms with van der Waals surface area (Å²) in [6, 6.07) is 1.16. The molecule has 2 rings (SSSR count). The Hall–Kier alpha value is -1.63. The number of fused-ring (bicyclic) bond motifs is 1. The highest BCUT2D eigenvalue weighted by atomic mass is 15.3. The van der Waals surface area contributed by atoms with Gasteiger partial charge in [0.2, 0.25) is 0 Å². The number of aliphatic imine (C=N–C) groups is 1. The monoisotopic (exact) mass is 335 g/mol. The molecule has 2 N–H and O–H groups in total. The van der Waals surface area contributed by atoms with Gasteiger partial charge in [0, 0.05) is 45.2 Å². The minimum absolute atomic E-state index is 0.581. The Morgan fingerprint density at radius 2 is 1.96 bits per heavy atom. The van der Waals surface area contributed by atoms with Gasteiger partial charge in [-0.2, -0.15) is 0 Å². The Morgan fingerprint density at radius 1 is 1.21 bits per heavy atom. The average Bonchev–Trinajstić information content (AvgIpc) is 3.13. The van der Waals surface area contributed by atoms with E-state index in [9.17, 15) is 0 Å². The summed E-state index contributed by atoms with van der Waals surface area (Å²) >= 11 is 0. The molecule has 0 spiro atoms. The fourth-order valence-corrected chi connectivity index (χ4v) is 3.31. The van der Waals surface area contributed by atoms with E-state index in [2.05, 4.69) is 63.0 Å². The van der Waals surface area contributed by atoms with Crippen molar-refractivity contribution in [1.82, 2.24) is 30.3 Å². The number of nitrogens with zero attached hydrogens (tertiary/aromatic N) is 5. The molecule has 0 unspecified atom stereocenters. The van der Waals surface area contributed by atoms with Crippen molar-refractivity contribution in [2.45, 2.75) is 72.1 Å². The number of guanidine groups is 1. The van der Waals surface area contributed by atoms with Gasteiger partial charge >= 0.3 is 0 Å². The molecule has 0 amide bonds. The van der Waals surface area contributed by atoms with E-state index in [1.165, 1.54) is 6.42 Å². The van der Waals surface area contributed by atoms with Gasteiger partial charge in [0.1, 0.15) is 5.82 Å². The minimum atomic E-state index is 0.581. The molecule has 0 radical (unpaired) electrons. The van der Waals surface area contributed by atoms with Crippen molar-refractivity contribution in [1.29, 1.82) is 0 Å². The molecule has 1 aliphatic heterocycles. The zero-order valence-corrected chi connectivity index (χ0v) is 15.8. The average molecular weight is 336 g/mol. The second-order valence-electron chi connectivity index (χ2n) is 6.92. The van der Waals surface area contributed by atoms with E-state index < -0.39 is 0 Å². The number of hydrogen-bond acceptors (Lipinski definition) is 4. The molecule has 0 saturated heterocycles. The topological polar surface area (TPSA) is 70.4 Å². The van der Waals surface area contributed by atoms with Gasteiger partial charge in [0.15, 0.2) is 11.8 Å². The lowest BCUT2D eigenvalue weighted by Crippen LogP contribution is -2.41. The summed E-state index contributed by atoms with van der Waals surface area (Å²) in [5, 5.41) is 15.2. The van der Waals surface area contributed by atoms with Crippen molar-refractivity contribution in [2.24, 2.45) is 4.99 Å². The summed E-state index contributed by atoms with van der Waals surface area (Å²) < 4.78 is 2.21.